The summed E-state index contributed by atoms with van der Waals surface area (Å²) in [4.78, 5) is 1.75. The quantitative estimate of drug-likeness (QED) is 0.758. The highest BCUT2D eigenvalue weighted by Gasteiger charge is 2.15. The summed E-state index contributed by atoms with van der Waals surface area (Å²) >= 11 is 0. The molecule has 0 radical (unpaired) electrons. The summed E-state index contributed by atoms with van der Waals surface area (Å²) in [7, 11) is 0. The van der Waals surface area contributed by atoms with Gasteiger partial charge in [-0.1, -0.05) is 24.3 Å². The fourth-order valence-electron chi connectivity index (χ4n) is 4.07. The molecule has 1 saturated heterocycles. The molecule has 1 N–H and O–H groups in total. The van der Waals surface area contributed by atoms with Gasteiger partial charge in [-0.2, -0.15) is 0 Å². The van der Waals surface area contributed by atoms with E-state index in [1.807, 2.05) is 0 Å². The molecule has 1 aromatic heterocycles. The zero-order valence-corrected chi connectivity index (χ0v) is 13.4. The van der Waals surface area contributed by atoms with Gasteiger partial charge < -0.3 is 9.47 Å². The number of para-hydroxylation sites is 1. The van der Waals surface area contributed by atoms with Crippen molar-refractivity contribution in [1.29, 1.82) is 0 Å². The first kappa shape index (κ1) is 13.8. The van der Waals surface area contributed by atoms with E-state index in [-0.39, 0.29) is 0 Å². The van der Waals surface area contributed by atoms with Gasteiger partial charge >= 0.3 is 0 Å². The Morgan fingerprint density at radius 2 is 1.68 bits per heavy atom. The predicted molar refractivity (Wildman–Crippen MR) is 93.4 cm³/mol. The average molecular weight is 293 g/mol. The monoisotopic (exact) mass is 293 g/mol. The molecule has 22 heavy (non-hydrogen) atoms. The van der Waals surface area contributed by atoms with Crippen LogP contribution in [0.4, 0.5) is 0 Å². The molecule has 0 amide bonds. The predicted octanol–water partition coefficient (Wildman–Crippen LogP) is 3.38. The number of rotatable bonds is 3. The van der Waals surface area contributed by atoms with Crippen molar-refractivity contribution in [2.45, 2.75) is 39.3 Å². The van der Waals surface area contributed by atoms with E-state index in [0.717, 1.165) is 6.54 Å². The number of piperidine rings is 1. The van der Waals surface area contributed by atoms with Crippen molar-refractivity contribution in [2.75, 3.05) is 13.1 Å². The molecule has 0 bridgehead atoms. The highest BCUT2D eigenvalue weighted by atomic mass is 15.1. The maximum Gasteiger partial charge on any atom is 0.103 e. The van der Waals surface area contributed by atoms with Crippen molar-refractivity contribution in [3.63, 3.8) is 0 Å². The fourth-order valence-corrected chi connectivity index (χ4v) is 4.07. The number of nitrogens with zero attached hydrogens (tertiary/aromatic N) is 1. The van der Waals surface area contributed by atoms with Gasteiger partial charge in [-0.15, -0.1) is 0 Å². The van der Waals surface area contributed by atoms with Crippen molar-refractivity contribution in [3.05, 3.63) is 48.0 Å². The lowest BCUT2D eigenvalue weighted by atomic mass is 10.1. The molecule has 1 fully saturated rings. The Bertz CT molecular complexity index is 794. The number of fused-ring (bicyclic) bond motifs is 3. The van der Waals surface area contributed by atoms with Gasteiger partial charge in [0.1, 0.15) is 6.54 Å². The fraction of sp³-hybridized carbons (Fsp3) is 0.400. The van der Waals surface area contributed by atoms with Gasteiger partial charge in [-0.25, -0.2) is 0 Å². The Labute approximate surface area is 132 Å². The standard InChI is InChI=1S/C20H24N2/c1-2-22-19-9-5-4-8-17(19)18-14-16(10-11-20(18)22)15-21-12-6-3-7-13-21/h4-5,8-11,14H,2-3,6-7,12-13,15H2,1H3/p+1. The van der Waals surface area contributed by atoms with Gasteiger partial charge in [-0.05, 0) is 44.4 Å². The molecule has 0 unspecified atom stereocenters. The first-order valence-electron chi connectivity index (χ1n) is 8.70. The molecular weight excluding hydrogens is 268 g/mol. The van der Waals surface area contributed by atoms with Crippen LogP contribution in [-0.2, 0) is 13.1 Å². The molecule has 114 valence electrons. The van der Waals surface area contributed by atoms with Crippen LogP contribution in [0.25, 0.3) is 21.8 Å². The minimum absolute atomic E-state index is 1.03. The molecule has 0 atom stereocenters. The van der Waals surface area contributed by atoms with Gasteiger partial charge in [0.2, 0.25) is 0 Å². The van der Waals surface area contributed by atoms with Crippen LogP contribution in [0.5, 0.6) is 0 Å². The highest BCUT2D eigenvalue weighted by Crippen LogP contribution is 2.29. The SMILES string of the molecule is CCn1c2ccccc2c2cc(C[NH+]3CCCCC3)ccc21. The second kappa shape index (κ2) is 5.77. The molecule has 2 heterocycles. The van der Waals surface area contributed by atoms with Gasteiger partial charge in [0.05, 0.1) is 13.1 Å². The number of hydrogen-bond donors (Lipinski definition) is 1. The third-order valence-electron chi connectivity index (χ3n) is 5.17. The van der Waals surface area contributed by atoms with Crippen molar-refractivity contribution in [3.8, 4) is 0 Å². The topological polar surface area (TPSA) is 9.37 Å². The van der Waals surface area contributed by atoms with Crippen LogP contribution in [0.15, 0.2) is 42.5 Å². The van der Waals surface area contributed by atoms with Crippen LogP contribution in [0.3, 0.4) is 0 Å². The second-order valence-electron chi connectivity index (χ2n) is 6.60. The van der Waals surface area contributed by atoms with E-state index in [1.165, 1.54) is 66.3 Å². The van der Waals surface area contributed by atoms with E-state index in [2.05, 4.69) is 54.0 Å². The molecule has 0 aliphatic carbocycles. The number of nitrogens with one attached hydrogen (secondary N) is 1. The Morgan fingerprint density at radius 3 is 2.50 bits per heavy atom. The van der Waals surface area contributed by atoms with Crippen molar-refractivity contribution < 1.29 is 4.90 Å². The van der Waals surface area contributed by atoms with Crippen molar-refractivity contribution >= 4 is 21.8 Å². The molecular formula is C20H25N2+. The summed E-state index contributed by atoms with van der Waals surface area (Å²) < 4.78 is 2.43. The van der Waals surface area contributed by atoms with E-state index in [1.54, 1.807) is 4.90 Å². The summed E-state index contributed by atoms with van der Waals surface area (Å²) in [5.41, 5.74) is 4.23. The normalized spacial score (nSPS) is 16.6. The average Bonchev–Trinajstić information content (AvgIpc) is 2.89. The summed E-state index contributed by atoms with van der Waals surface area (Å²) in [5, 5.41) is 2.82. The molecule has 0 spiro atoms. The number of quaternary nitrogens is 1. The Balaban J connectivity index is 1.78. The lowest BCUT2D eigenvalue weighted by Crippen LogP contribution is -3.11. The molecule has 2 aromatic carbocycles. The molecule has 1 aliphatic rings. The first-order valence-corrected chi connectivity index (χ1v) is 8.70. The number of aromatic nitrogens is 1. The van der Waals surface area contributed by atoms with Crippen LogP contribution in [0.2, 0.25) is 0 Å². The second-order valence-corrected chi connectivity index (χ2v) is 6.60. The molecule has 3 aromatic rings. The summed E-state index contributed by atoms with van der Waals surface area (Å²) in [6.45, 7) is 7.13. The van der Waals surface area contributed by atoms with E-state index in [9.17, 15) is 0 Å². The number of likely N-dealkylation sites (tertiary alicyclic amines) is 1. The molecule has 2 heteroatoms. The molecule has 1 aliphatic heterocycles. The van der Waals surface area contributed by atoms with E-state index < -0.39 is 0 Å². The Morgan fingerprint density at radius 1 is 0.909 bits per heavy atom. The lowest BCUT2D eigenvalue weighted by molar-refractivity contribution is -0.918. The van der Waals surface area contributed by atoms with E-state index in [0.29, 0.717) is 0 Å². The molecule has 0 saturated carbocycles. The van der Waals surface area contributed by atoms with E-state index in [4.69, 9.17) is 0 Å². The van der Waals surface area contributed by atoms with Crippen LogP contribution in [-0.4, -0.2) is 17.7 Å². The lowest BCUT2D eigenvalue weighted by Gasteiger charge is -2.23. The van der Waals surface area contributed by atoms with E-state index >= 15 is 0 Å². The van der Waals surface area contributed by atoms with Crippen LogP contribution < -0.4 is 4.90 Å². The maximum atomic E-state index is 2.44. The number of hydrogen-bond acceptors (Lipinski definition) is 0. The van der Waals surface area contributed by atoms with Crippen LogP contribution in [0.1, 0.15) is 31.7 Å². The maximum absolute atomic E-state index is 2.44. The minimum atomic E-state index is 1.03. The zero-order chi connectivity index (χ0) is 14.9. The van der Waals surface area contributed by atoms with Crippen molar-refractivity contribution in [1.82, 2.24) is 4.57 Å². The van der Waals surface area contributed by atoms with Gasteiger partial charge in [0, 0.05) is 33.9 Å². The Hall–Kier alpha value is -1.80. The zero-order valence-electron chi connectivity index (χ0n) is 13.4. The largest absolute Gasteiger partial charge is 0.341 e. The third-order valence-corrected chi connectivity index (χ3v) is 5.17. The van der Waals surface area contributed by atoms with Crippen LogP contribution >= 0.6 is 0 Å². The van der Waals surface area contributed by atoms with Crippen molar-refractivity contribution in [2.24, 2.45) is 0 Å². The van der Waals surface area contributed by atoms with Gasteiger partial charge in [0.15, 0.2) is 0 Å². The summed E-state index contributed by atoms with van der Waals surface area (Å²) in [6, 6.07) is 15.9. The summed E-state index contributed by atoms with van der Waals surface area (Å²) in [6.07, 6.45) is 4.21. The number of aryl methyl sites for hydroxylation is 1. The van der Waals surface area contributed by atoms with Crippen LogP contribution in [0, 0.1) is 0 Å². The number of benzene rings is 2. The smallest absolute Gasteiger partial charge is 0.103 e. The molecule has 4 rings (SSSR count). The summed E-state index contributed by atoms with van der Waals surface area (Å²) in [5.74, 6) is 0. The highest BCUT2D eigenvalue weighted by molar-refractivity contribution is 6.08. The minimum Gasteiger partial charge on any atom is -0.341 e. The third kappa shape index (κ3) is 2.32. The van der Waals surface area contributed by atoms with Gasteiger partial charge in [-0.3, -0.25) is 0 Å². The molecule has 2 nitrogen and oxygen atoms in total. The van der Waals surface area contributed by atoms with Gasteiger partial charge in [0.25, 0.3) is 0 Å². The first-order chi connectivity index (χ1) is 10.9. The Kier molecular flexibility index (Phi) is 3.63.